The number of benzene rings is 3. The molecule has 5 rings (SSSR count). The maximum atomic E-state index is 13.7. The van der Waals surface area contributed by atoms with E-state index in [-0.39, 0.29) is 27.9 Å². The Morgan fingerprint density at radius 2 is 1.67 bits per heavy atom. The Hall–Kier alpha value is -4.96. The molecular weight excluding hydrogens is 568 g/mol. The van der Waals surface area contributed by atoms with E-state index < -0.39 is 23.7 Å². The van der Waals surface area contributed by atoms with E-state index in [0.29, 0.717) is 40.7 Å². The van der Waals surface area contributed by atoms with Crippen molar-refractivity contribution in [2.75, 3.05) is 18.1 Å². The molecule has 1 aliphatic rings. The third-order valence-corrected chi connectivity index (χ3v) is 7.77. The fourth-order valence-corrected chi connectivity index (χ4v) is 5.69. The summed E-state index contributed by atoms with van der Waals surface area (Å²) in [6.45, 7) is 5.96. The fraction of sp³-hybridized carbons (Fsp3) is 0.212. The highest BCUT2D eigenvalue weighted by atomic mass is 32.1. The minimum atomic E-state index is -1.07. The van der Waals surface area contributed by atoms with Gasteiger partial charge in [0.15, 0.2) is 5.13 Å². The van der Waals surface area contributed by atoms with Crippen LogP contribution in [0.4, 0.5) is 5.13 Å². The van der Waals surface area contributed by atoms with E-state index in [0.717, 1.165) is 17.8 Å². The van der Waals surface area contributed by atoms with Crippen molar-refractivity contribution in [1.29, 1.82) is 0 Å². The molecule has 1 N–H and O–H groups in total. The lowest BCUT2D eigenvalue weighted by atomic mass is 9.95. The second kappa shape index (κ2) is 12.9. The van der Waals surface area contributed by atoms with E-state index in [1.807, 2.05) is 37.3 Å². The van der Waals surface area contributed by atoms with Crippen molar-refractivity contribution in [3.63, 3.8) is 0 Å². The van der Waals surface area contributed by atoms with Gasteiger partial charge in [-0.15, -0.1) is 0 Å². The molecule has 1 unspecified atom stereocenters. The van der Waals surface area contributed by atoms with Crippen molar-refractivity contribution in [2.24, 2.45) is 0 Å². The van der Waals surface area contributed by atoms with Gasteiger partial charge in [0.2, 0.25) is 0 Å². The largest absolute Gasteiger partial charge is 0.507 e. The van der Waals surface area contributed by atoms with Crippen LogP contribution in [-0.2, 0) is 14.3 Å². The van der Waals surface area contributed by atoms with Crippen LogP contribution in [0, 0.1) is 6.92 Å². The number of thiazole rings is 1. The van der Waals surface area contributed by atoms with Crippen LogP contribution in [0.1, 0.15) is 52.8 Å². The minimum absolute atomic E-state index is 0.125. The van der Waals surface area contributed by atoms with Crippen molar-refractivity contribution in [2.45, 2.75) is 33.2 Å². The average molecular weight is 599 g/mol. The summed E-state index contributed by atoms with van der Waals surface area (Å²) in [7, 11) is 0. The van der Waals surface area contributed by atoms with Gasteiger partial charge in [0.25, 0.3) is 5.78 Å². The summed E-state index contributed by atoms with van der Waals surface area (Å²) in [6, 6.07) is 21.8. The van der Waals surface area contributed by atoms with E-state index in [4.69, 9.17) is 14.2 Å². The van der Waals surface area contributed by atoms with Crippen LogP contribution in [0.15, 0.2) is 84.4 Å². The SMILES string of the molecule is CCCOc1cccc(/C(O)=C2\C(=O)C(=O)N(c3nc(C)c(C(=O)OCC)s3)C2c2cccc(Oc3ccccc3)c2)c1. The number of hydrogen-bond donors (Lipinski definition) is 1. The first-order valence-electron chi connectivity index (χ1n) is 13.8. The lowest BCUT2D eigenvalue weighted by molar-refractivity contribution is -0.132. The highest BCUT2D eigenvalue weighted by Crippen LogP contribution is 2.45. The van der Waals surface area contributed by atoms with Crippen LogP contribution in [0.3, 0.4) is 0 Å². The van der Waals surface area contributed by atoms with E-state index in [2.05, 4.69) is 4.98 Å². The Balaban J connectivity index is 1.65. The number of nitrogens with zero attached hydrogens (tertiary/aromatic N) is 2. The van der Waals surface area contributed by atoms with Gasteiger partial charge in [-0.2, -0.15) is 0 Å². The number of Topliss-reactive ketones (excluding diaryl/α,β-unsaturated/α-hetero) is 1. The molecule has 3 aromatic carbocycles. The van der Waals surface area contributed by atoms with Gasteiger partial charge < -0.3 is 19.3 Å². The first kappa shape index (κ1) is 29.5. The predicted molar refractivity (Wildman–Crippen MR) is 163 cm³/mol. The molecule has 1 fully saturated rings. The van der Waals surface area contributed by atoms with Gasteiger partial charge in [-0.1, -0.05) is 60.7 Å². The molecule has 1 aliphatic heterocycles. The molecule has 1 atom stereocenters. The Morgan fingerprint density at radius 3 is 2.42 bits per heavy atom. The Kier molecular flexibility index (Phi) is 8.87. The molecule has 1 amide bonds. The summed E-state index contributed by atoms with van der Waals surface area (Å²) in [5, 5.41) is 11.7. The van der Waals surface area contributed by atoms with E-state index in [1.54, 1.807) is 62.4 Å². The predicted octanol–water partition coefficient (Wildman–Crippen LogP) is 6.84. The Bertz CT molecular complexity index is 1700. The summed E-state index contributed by atoms with van der Waals surface area (Å²) in [6.07, 6.45) is 0.795. The van der Waals surface area contributed by atoms with Crippen molar-refractivity contribution in [3.8, 4) is 17.2 Å². The number of para-hydroxylation sites is 1. The second-order valence-electron chi connectivity index (χ2n) is 9.66. The molecule has 4 aromatic rings. The van der Waals surface area contributed by atoms with Crippen molar-refractivity contribution in [3.05, 3.63) is 106 Å². The third-order valence-electron chi connectivity index (χ3n) is 6.63. The minimum Gasteiger partial charge on any atom is -0.507 e. The number of hydrogen-bond acceptors (Lipinski definition) is 9. The van der Waals surface area contributed by atoms with Crippen LogP contribution in [0.25, 0.3) is 5.76 Å². The summed E-state index contributed by atoms with van der Waals surface area (Å²) in [4.78, 5) is 45.8. The van der Waals surface area contributed by atoms with Gasteiger partial charge in [0.1, 0.15) is 27.9 Å². The number of aliphatic hydroxyl groups is 1. The first-order chi connectivity index (χ1) is 20.8. The number of amides is 1. The Morgan fingerprint density at radius 1 is 0.953 bits per heavy atom. The molecule has 0 spiro atoms. The van der Waals surface area contributed by atoms with E-state index in [1.165, 1.54) is 4.90 Å². The Labute approximate surface area is 253 Å². The first-order valence-corrected chi connectivity index (χ1v) is 14.7. The monoisotopic (exact) mass is 598 g/mol. The number of aryl methyl sites for hydroxylation is 1. The van der Waals surface area contributed by atoms with Crippen LogP contribution >= 0.6 is 11.3 Å². The highest BCUT2D eigenvalue weighted by Gasteiger charge is 2.48. The number of carbonyl (C=O) groups is 3. The highest BCUT2D eigenvalue weighted by molar-refractivity contribution is 7.17. The van der Waals surface area contributed by atoms with Gasteiger partial charge >= 0.3 is 11.9 Å². The number of ketones is 1. The van der Waals surface area contributed by atoms with Crippen molar-refractivity contribution < 1.29 is 33.7 Å². The number of ether oxygens (including phenoxy) is 3. The standard InChI is InChI=1S/C33H30N2O7S/c1-4-17-41-24-15-10-12-22(19-24)28(36)26-27(21-11-9-16-25(18-21)42-23-13-7-6-8-14-23)35(31(38)29(26)37)33-34-20(3)30(43-33)32(39)40-5-2/h6-16,18-19,27,36H,4-5,17H2,1-3H3/b28-26+. The molecule has 0 bridgehead atoms. The molecule has 0 saturated carbocycles. The fourth-order valence-electron chi connectivity index (χ4n) is 4.70. The molecule has 43 heavy (non-hydrogen) atoms. The molecule has 1 aromatic heterocycles. The third kappa shape index (κ3) is 6.14. The zero-order valence-electron chi connectivity index (χ0n) is 23.9. The van der Waals surface area contributed by atoms with Crippen molar-refractivity contribution >= 4 is 39.9 Å². The maximum Gasteiger partial charge on any atom is 0.350 e. The zero-order valence-corrected chi connectivity index (χ0v) is 24.7. The number of rotatable bonds is 10. The normalized spacial score (nSPS) is 15.9. The van der Waals surface area contributed by atoms with Crippen LogP contribution < -0.4 is 14.4 Å². The molecule has 0 aliphatic carbocycles. The van der Waals surface area contributed by atoms with E-state index >= 15 is 0 Å². The molecule has 9 nitrogen and oxygen atoms in total. The van der Waals surface area contributed by atoms with Gasteiger partial charge in [-0.25, -0.2) is 9.78 Å². The second-order valence-corrected chi connectivity index (χ2v) is 10.6. The molecule has 10 heteroatoms. The summed E-state index contributed by atoms with van der Waals surface area (Å²) in [5.74, 6) is -1.12. The molecular formula is C33H30N2O7S. The number of aromatic nitrogens is 1. The molecule has 2 heterocycles. The summed E-state index contributed by atoms with van der Waals surface area (Å²) in [5.41, 5.74) is 1.05. The number of aliphatic hydroxyl groups excluding tert-OH is 1. The van der Waals surface area contributed by atoms with Crippen molar-refractivity contribution in [1.82, 2.24) is 4.98 Å². The quantitative estimate of drug-likeness (QED) is 0.0914. The maximum absolute atomic E-state index is 13.7. The van der Waals surface area contributed by atoms with Gasteiger partial charge in [-0.3, -0.25) is 14.5 Å². The van der Waals surface area contributed by atoms with Crippen LogP contribution in [0.5, 0.6) is 17.2 Å². The van der Waals surface area contributed by atoms with Gasteiger partial charge in [-0.05, 0) is 62.2 Å². The van der Waals surface area contributed by atoms with Gasteiger partial charge in [0, 0.05) is 5.56 Å². The summed E-state index contributed by atoms with van der Waals surface area (Å²) >= 11 is 0.949. The zero-order chi connectivity index (χ0) is 30.5. The topological polar surface area (TPSA) is 115 Å². The molecule has 0 radical (unpaired) electrons. The summed E-state index contributed by atoms with van der Waals surface area (Å²) < 4.78 is 16.9. The van der Waals surface area contributed by atoms with E-state index in [9.17, 15) is 19.5 Å². The average Bonchev–Trinajstić information content (AvgIpc) is 3.52. The van der Waals surface area contributed by atoms with Gasteiger partial charge in [0.05, 0.1) is 30.5 Å². The number of esters is 1. The molecule has 1 saturated heterocycles. The smallest absolute Gasteiger partial charge is 0.350 e. The van der Waals surface area contributed by atoms with Crippen LogP contribution in [-0.4, -0.2) is 41.0 Å². The number of anilines is 1. The lowest BCUT2D eigenvalue weighted by Crippen LogP contribution is -2.29. The lowest BCUT2D eigenvalue weighted by Gasteiger charge is -2.23. The van der Waals surface area contributed by atoms with Crippen LogP contribution in [0.2, 0.25) is 0 Å². The molecule has 220 valence electrons. The number of carbonyl (C=O) groups excluding carboxylic acids is 3.